The Morgan fingerprint density at radius 3 is 1.63 bits per heavy atom. The lowest BCUT2D eigenvalue weighted by Gasteiger charge is -2.49. The van der Waals surface area contributed by atoms with Gasteiger partial charge in [-0.15, -0.1) is 0 Å². The number of fused-ring (bicyclic) bond motifs is 6. The number of ether oxygens (including phenoxy) is 1. The first-order chi connectivity index (χ1) is 29.3. The van der Waals surface area contributed by atoms with Gasteiger partial charge in [-0.3, -0.25) is 9.59 Å². The summed E-state index contributed by atoms with van der Waals surface area (Å²) in [6.07, 6.45) is 5.30. The highest BCUT2D eigenvalue weighted by Gasteiger charge is 2.52. The van der Waals surface area contributed by atoms with Crippen molar-refractivity contribution in [2.45, 2.75) is 79.8 Å². The van der Waals surface area contributed by atoms with Crippen LogP contribution < -0.4 is 15.6 Å². The Bertz CT molecular complexity index is 3080. The first-order valence-corrected chi connectivity index (χ1v) is 20.3. The maximum absolute atomic E-state index is 14.6. The third-order valence-electron chi connectivity index (χ3n) is 12.1. The summed E-state index contributed by atoms with van der Waals surface area (Å²) in [7, 11) is 0. The number of hydrogen-bond donors (Lipinski definition) is 7. The van der Waals surface area contributed by atoms with Gasteiger partial charge in [-0.1, -0.05) is 48.8 Å². The molecule has 0 radical (unpaired) electrons. The number of rotatable bonds is 7. The second-order valence-electron chi connectivity index (χ2n) is 17.7. The molecule has 320 valence electrons. The minimum atomic E-state index is -1.12. The van der Waals surface area contributed by atoms with E-state index >= 15 is 0 Å². The number of phenolic OH excluding ortho intramolecular Hbond substituents is 7. The molecule has 7 N–H and O–H groups in total. The van der Waals surface area contributed by atoms with Crippen molar-refractivity contribution in [1.82, 2.24) is 0 Å². The predicted octanol–water partition coefficient (Wildman–Crippen LogP) is 10.4. The van der Waals surface area contributed by atoms with E-state index in [9.17, 15) is 45.3 Å². The van der Waals surface area contributed by atoms with Crippen LogP contribution in [0, 0.1) is 11.3 Å². The maximum Gasteiger partial charge on any atom is 0.200 e. The van der Waals surface area contributed by atoms with Crippen molar-refractivity contribution in [3.8, 4) is 68.6 Å². The molecule has 1 aliphatic heterocycles. The molecule has 0 bridgehead atoms. The molecule has 0 saturated heterocycles. The fourth-order valence-corrected chi connectivity index (χ4v) is 9.40. The fraction of sp³-hybridized carbons (Fsp3) is 0.280. The number of allylic oxidation sites excluding steroid dienone is 6. The van der Waals surface area contributed by atoms with Gasteiger partial charge in [-0.25, -0.2) is 0 Å². The lowest BCUT2D eigenvalue weighted by atomic mass is 9.59. The molecule has 3 atom stereocenters. The molecule has 0 spiro atoms. The molecule has 12 nitrogen and oxygen atoms in total. The van der Waals surface area contributed by atoms with Gasteiger partial charge in [0.2, 0.25) is 10.9 Å². The monoisotopic (exact) mass is 840 g/mol. The van der Waals surface area contributed by atoms with E-state index in [0.29, 0.717) is 12.0 Å². The Kier molecular flexibility index (Phi) is 10.2. The van der Waals surface area contributed by atoms with Crippen molar-refractivity contribution < 1.29 is 49.3 Å². The molecule has 2 aromatic heterocycles. The van der Waals surface area contributed by atoms with E-state index in [2.05, 4.69) is 0 Å². The molecule has 0 unspecified atom stereocenters. The Morgan fingerprint density at radius 1 is 0.661 bits per heavy atom. The maximum atomic E-state index is 14.6. The Balaban J connectivity index is 1.45. The van der Waals surface area contributed by atoms with E-state index in [1.165, 1.54) is 30.3 Å². The summed E-state index contributed by atoms with van der Waals surface area (Å²) in [5, 5.41) is 77.2. The fourth-order valence-electron chi connectivity index (χ4n) is 9.40. The topological polar surface area (TPSA) is 211 Å². The highest BCUT2D eigenvalue weighted by atomic mass is 16.5. The van der Waals surface area contributed by atoms with E-state index in [0.717, 1.165) is 34.9 Å². The summed E-state index contributed by atoms with van der Waals surface area (Å²) in [6.45, 7) is 13.5. The number of aromatic hydroxyl groups is 7. The highest BCUT2D eigenvalue weighted by Crippen LogP contribution is 2.62. The second kappa shape index (κ2) is 15.1. The first kappa shape index (κ1) is 41.6. The standard InChI is InChI=1S/C50H48O12/c1-22(2)8-12-29-43(58)39-34(55)19-35(56)41(48(39)62-46(29)28-15-11-26(52)18-33(28)54)49-42-31(16-24(5)21-50(42,6)7)38-37(60-49)20-36(57)40-44(59)30(13-9-23(3)4)45(61-47(38)40)27-14-10-25(51)17-32(27)53/h8-11,14-20,31,42,49,51-57H,12-13,21H2,1-7H3/t31-,42-,49+/m0/s1. The third kappa shape index (κ3) is 6.89. The zero-order chi connectivity index (χ0) is 44.7. The Hall–Kier alpha value is -7.08. The second-order valence-corrected chi connectivity index (χ2v) is 17.7. The minimum absolute atomic E-state index is 0.0175. The van der Waals surface area contributed by atoms with Crippen molar-refractivity contribution in [2.75, 3.05) is 0 Å². The molecular weight excluding hydrogens is 793 g/mol. The third-order valence-corrected chi connectivity index (χ3v) is 12.1. The van der Waals surface area contributed by atoms with Crippen LogP contribution in [0.25, 0.3) is 44.6 Å². The smallest absolute Gasteiger partial charge is 0.200 e. The molecule has 0 fully saturated rings. The average Bonchev–Trinajstić information content (AvgIpc) is 3.15. The molecule has 0 saturated carbocycles. The largest absolute Gasteiger partial charge is 0.508 e. The molecule has 6 aromatic rings. The highest BCUT2D eigenvalue weighted by molar-refractivity contribution is 5.93. The van der Waals surface area contributed by atoms with E-state index in [1.807, 2.05) is 60.6 Å². The molecule has 4 aromatic carbocycles. The Morgan fingerprint density at radius 2 is 1.15 bits per heavy atom. The summed E-state index contributed by atoms with van der Waals surface area (Å²) in [5.41, 5.74) is 1.84. The van der Waals surface area contributed by atoms with Gasteiger partial charge in [0.15, 0.2) is 5.58 Å². The molecule has 8 rings (SSSR count). The van der Waals surface area contributed by atoms with Crippen LogP contribution in [-0.4, -0.2) is 35.7 Å². The van der Waals surface area contributed by atoms with E-state index in [1.54, 1.807) is 6.08 Å². The summed E-state index contributed by atoms with van der Waals surface area (Å²) >= 11 is 0. The molecule has 12 heteroatoms. The molecule has 2 aliphatic rings. The molecule has 1 aliphatic carbocycles. The van der Waals surface area contributed by atoms with E-state index in [4.69, 9.17) is 13.6 Å². The van der Waals surface area contributed by atoms with Crippen molar-refractivity contribution in [3.05, 3.63) is 126 Å². The predicted molar refractivity (Wildman–Crippen MR) is 236 cm³/mol. The summed E-state index contributed by atoms with van der Waals surface area (Å²) in [4.78, 5) is 29.3. The van der Waals surface area contributed by atoms with Gasteiger partial charge in [0.25, 0.3) is 0 Å². The summed E-state index contributed by atoms with van der Waals surface area (Å²) < 4.78 is 20.2. The summed E-state index contributed by atoms with van der Waals surface area (Å²) in [5.74, 6) is -3.66. The van der Waals surface area contributed by atoms with Crippen LogP contribution in [-0.2, 0) is 12.8 Å². The molecule has 62 heavy (non-hydrogen) atoms. The van der Waals surface area contributed by atoms with Gasteiger partial charge in [0, 0.05) is 52.8 Å². The first-order valence-electron chi connectivity index (χ1n) is 20.3. The van der Waals surface area contributed by atoms with Crippen LogP contribution in [0.2, 0.25) is 0 Å². The minimum Gasteiger partial charge on any atom is -0.508 e. The van der Waals surface area contributed by atoms with Gasteiger partial charge in [0.05, 0.1) is 16.7 Å². The molecule has 3 heterocycles. The van der Waals surface area contributed by atoms with Crippen LogP contribution >= 0.6 is 0 Å². The van der Waals surface area contributed by atoms with Crippen LogP contribution in [0.4, 0.5) is 0 Å². The Labute approximate surface area is 356 Å². The van der Waals surface area contributed by atoms with Crippen molar-refractivity contribution >= 4 is 21.9 Å². The number of benzene rings is 4. The van der Waals surface area contributed by atoms with Crippen LogP contribution in [0.5, 0.6) is 46.0 Å². The van der Waals surface area contributed by atoms with Crippen LogP contribution in [0.1, 0.15) is 89.2 Å². The summed E-state index contributed by atoms with van der Waals surface area (Å²) in [6, 6.07) is 10.2. The van der Waals surface area contributed by atoms with Crippen molar-refractivity contribution in [3.63, 3.8) is 0 Å². The number of hydrogen-bond acceptors (Lipinski definition) is 12. The lowest BCUT2D eigenvalue weighted by Crippen LogP contribution is -2.42. The van der Waals surface area contributed by atoms with Gasteiger partial charge < -0.3 is 49.3 Å². The zero-order valence-electron chi connectivity index (χ0n) is 35.4. The van der Waals surface area contributed by atoms with Gasteiger partial charge in [-0.2, -0.15) is 0 Å². The molecule has 0 amide bonds. The van der Waals surface area contributed by atoms with Crippen LogP contribution in [0.15, 0.2) is 102 Å². The lowest BCUT2D eigenvalue weighted by molar-refractivity contribution is 0.0166. The average molecular weight is 841 g/mol. The van der Waals surface area contributed by atoms with E-state index in [-0.39, 0.29) is 103 Å². The van der Waals surface area contributed by atoms with E-state index < -0.39 is 51.5 Å². The molecular formula is C50H48O12. The number of phenols is 7. The quantitative estimate of drug-likeness (QED) is 0.0749. The normalized spacial score (nSPS) is 17.8. The zero-order valence-corrected chi connectivity index (χ0v) is 35.4. The van der Waals surface area contributed by atoms with Crippen molar-refractivity contribution in [2.24, 2.45) is 11.3 Å². The van der Waals surface area contributed by atoms with Crippen molar-refractivity contribution in [1.29, 1.82) is 0 Å². The SMILES string of the molecule is CC(C)=CCc1c(-c2ccc(O)cc2O)oc2c([C@H]3Oc4cc(O)c5c(=O)c(CC=C(C)C)c(-c6ccc(O)cc6O)oc5c4[C@@H]4C=C(C)CC(C)(C)[C@H]34)c(O)cc(O)c2c1=O. The van der Waals surface area contributed by atoms with Crippen LogP contribution in [0.3, 0.4) is 0 Å². The van der Waals surface area contributed by atoms with Gasteiger partial charge in [0.1, 0.15) is 80.0 Å². The van der Waals surface area contributed by atoms with Gasteiger partial charge in [-0.05, 0) is 83.6 Å². The van der Waals surface area contributed by atoms with Gasteiger partial charge >= 0.3 is 0 Å².